The Morgan fingerprint density at radius 2 is 1.92 bits per heavy atom. The number of rotatable bonds is 5. The summed E-state index contributed by atoms with van der Waals surface area (Å²) in [7, 11) is 1.65. The van der Waals surface area contributed by atoms with Crippen molar-refractivity contribution in [3.05, 3.63) is 65.1 Å². The SMILES string of the molecule is COc1ccc(CCNC(=O)c2c(C)nc3ccc(C)cn23)cc1. The summed E-state index contributed by atoms with van der Waals surface area (Å²) in [4.78, 5) is 17.0. The van der Waals surface area contributed by atoms with E-state index in [1.165, 1.54) is 0 Å². The topological polar surface area (TPSA) is 55.6 Å². The minimum absolute atomic E-state index is 0.0980. The van der Waals surface area contributed by atoms with Gasteiger partial charge in [-0.1, -0.05) is 18.2 Å². The molecule has 124 valence electrons. The fraction of sp³-hybridized carbons (Fsp3) is 0.263. The second-order valence-corrected chi connectivity index (χ2v) is 5.83. The molecule has 1 aromatic carbocycles. The van der Waals surface area contributed by atoms with Crippen molar-refractivity contribution in [1.29, 1.82) is 0 Å². The smallest absolute Gasteiger partial charge is 0.270 e. The van der Waals surface area contributed by atoms with E-state index in [9.17, 15) is 4.79 Å². The number of ether oxygens (including phenoxy) is 1. The molecular weight excluding hydrogens is 302 g/mol. The normalized spacial score (nSPS) is 10.8. The summed E-state index contributed by atoms with van der Waals surface area (Å²) in [5, 5.41) is 2.98. The van der Waals surface area contributed by atoms with Gasteiger partial charge in [-0.15, -0.1) is 0 Å². The lowest BCUT2D eigenvalue weighted by Gasteiger charge is -2.07. The number of hydrogen-bond donors (Lipinski definition) is 1. The third-order valence-corrected chi connectivity index (χ3v) is 4.01. The first-order valence-corrected chi connectivity index (χ1v) is 7.95. The van der Waals surface area contributed by atoms with Crippen molar-refractivity contribution in [2.75, 3.05) is 13.7 Å². The van der Waals surface area contributed by atoms with Crippen molar-refractivity contribution in [2.45, 2.75) is 20.3 Å². The monoisotopic (exact) mass is 323 g/mol. The predicted molar refractivity (Wildman–Crippen MR) is 93.7 cm³/mol. The molecule has 0 spiro atoms. The average molecular weight is 323 g/mol. The van der Waals surface area contributed by atoms with Crippen LogP contribution in [0.25, 0.3) is 5.65 Å². The summed E-state index contributed by atoms with van der Waals surface area (Å²) in [6.07, 6.45) is 2.71. The van der Waals surface area contributed by atoms with Crippen LogP contribution in [0.15, 0.2) is 42.6 Å². The first kappa shape index (κ1) is 16.1. The number of hydrogen-bond acceptors (Lipinski definition) is 3. The molecule has 1 N–H and O–H groups in total. The van der Waals surface area contributed by atoms with E-state index in [-0.39, 0.29) is 5.91 Å². The molecule has 5 nitrogen and oxygen atoms in total. The second-order valence-electron chi connectivity index (χ2n) is 5.83. The number of aromatic nitrogens is 2. The third-order valence-electron chi connectivity index (χ3n) is 4.01. The van der Waals surface area contributed by atoms with Crippen LogP contribution in [0.5, 0.6) is 5.75 Å². The third kappa shape index (κ3) is 3.25. The number of nitrogens with zero attached hydrogens (tertiary/aromatic N) is 2. The molecule has 2 heterocycles. The molecule has 0 unspecified atom stereocenters. The highest BCUT2D eigenvalue weighted by atomic mass is 16.5. The Labute approximate surface area is 141 Å². The maximum absolute atomic E-state index is 12.6. The van der Waals surface area contributed by atoms with Crippen molar-refractivity contribution in [2.24, 2.45) is 0 Å². The Morgan fingerprint density at radius 3 is 2.62 bits per heavy atom. The van der Waals surface area contributed by atoms with E-state index in [1.807, 2.05) is 60.8 Å². The van der Waals surface area contributed by atoms with Gasteiger partial charge in [-0.25, -0.2) is 4.98 Å². The largest absolute Gasteiger partial charge is 0.497 e. The second kappa shape index (κ2) is 6.74. The van der Waals surface area contributed by atoms with E-state index in [0.29, 0.717) is 12.2 Å². The van der Waals surface area contributed by atoms with E-state index in [0.717, 1.165) is 34.6 Å². The Hall–Kier alpha value is -2.82. The van der Waals surface area contributed by atoms with Gasteiger partial charge < -0.3 is 10.1 Å². The number of amides is 1. The number of carbonyl (C=O) groups excluding carboxylic acids is 1. The molecule has 0 saturated carbocycles. The lowest BCUT2D eigenvalue weighted by atomic mass is 10.1. The van der Waals surface area contributed by atoms with Crippen LogP contribution in [0.1, 0.15) is 27.3 Å². The van der Waals surface area contributed by atoms with Gasteiger partial charge in [-0.3, -0.25) is 9.20 Å². The average Bonchev–Trinajstić information content (AvgIpc) is 2.90. The van der Waals surface area contributed by atoms with Crippen LogP contribution >= 0.6 is 0 Å². The molecule has 0 fully saturated rings. The zero-order valence-corrected chi connectivity index (χ0v) is 14.2. The lowest BCUT2D eigenvalue weighted by molar-refractivity contribution is 0.0947. The van der Waals surface area contributed by atoms with Gasteiger partial charge in [0.1, 0.15) is 17.1 Å². The van der Waals surface area contributed by atoms with Crippen LogP contribution in [0, 0.1) is 13.8 Å². The number of pyridine rings is 1. The van der Waals surface area contributed by atoms with E-state index in [1.54, 1.807) is 7.11 Å². The summed E-state index contributed by atoms with van der Waals surface area (Å²) in [6.45, 7) is 4.44. The molecule has 24 heavy (non-hydrogen) atoms. The molecule has 0 atom stereocenters. The molecule has 3 rings (SSSR count). The van der Waals surface area contributed by atoms with Crippen molar-refractivity contribution < 1.29 is 9.53 Å². The molecule has 1 amide bonds. The first-order chi connectivity index (χ1) is 11.6. The fourth-order valence-electron chi connectivity index (χ4n) is 2.74. The number of nitrogens with one attached hydrogen (secondary N) is 1. The summed E-state index contributed by atoms with van der Waals surface area (Å²) < 4.78 is 7.00. The highest BCUT2D eigenvalue weighted by Gasteiger charge is 2.16. The maximum atomic E-state index is 12.6. The maximum Gasteiger partial charge on any atom is 0.270 e. The highest BCUT2D eigenvalue weighted by molar-refractivity contribution is 5.94. The number of imidazole rings is 1. The van der Waals surface area contributed by atoms with Gasteiger partial charge in [0.15, 0.2) is 0 Å². The molecule has 0 aliphatic carbocycles. The number of aryl methyl sites for hydroxylation is 2. The molecule has 0 aliphatic heterocycles. The standard InChI is InChI=1S/C19H21N3O2/c1-13-4-9-17-21-14(2)18(22(17)12-13)19(23)20-11-10-15-5-7-16(24-3)8-6-15/h4-9,12H,10-11H2,1-3H3,(H,20,23). The molecule has 3 aromatic rings. The van der Waals surface area contributed by atoms with Crippen molar-refractivity contribution in [3.8, 4) is 5.75 Å². The van der Waals surface area contributed by atoms with E-state index in [2.05, 4.69) is 10.3 Å². The number of methoxy groups -OCH3 is 1. The summed E-state index contributed by atoms with van der Waals surface area (Å²) in [6, 6.07) is 11.8. The molecule has 5 heteroatoms. The van der Waals surface area contributed by atoms with Crippen LogP contribution in [-0.4, -0.2) is 28.9 Å². The zero-order valence-electron chi connectivity index (χ0n) is 14.2. The van der Waals surface area contributed by atoms with E-state index in [4.69, 9.17) is 4.74 Å². The zero-order chi connectivity index (χ0) is 17.1. The molecule has 0 bridgehead atoms. The predicted octanol–water partition coefficient (Wildman–Crippen LogP) is 2.93. The number of carbonyl (C=O) groups is 1. The quantitative estimate of drug-likeness (QED) is 0.785. The molecule has 0 saturated heterocycles. The van der Waals surface area contributed by atoms with Crippen molar-refractivity contribution in [3.63, 3.8) is 0 Å². The van der Waals surface area contributed by atoms with Crippen LogP contribution in [0.2, 0.25) is 0 Å². The Morgan fingerprint density at radius 1 is 1.17 bits per heavy atom. The summed E-state index contributed by atoms with van der Waals surface area (Å²) in [5.74, 6) is 0.735. The number of fused-ring (bicyclic) bond motifs is 1. The Bertz CT molecular complexity index is 866. The van der Waals surface area contributed by atoms with Crippen LogP contribution in [0.4, 0.5) is 0 Å². The number of benzene rings is 1. The van der Waals surface area contributed by atoms with Gasteiger partial charge in [0.2, 0.25) is 0 Å². The summed E-state index contributed by atoms with van der Waals surface area (Å²) >= 11 is 0. The molecule has 0 aliphatic rings. The molecular formula is C19H21N3O2. The van der Waals surface area contributed by atoms with Gasteiger partial charge in [-0.2, -0.15) is 0 Å². The van der Waals surface area contributed by atoms with Crippen molar-refractivity contribution in [1.82, 2.24) is 14.7 Å². The lowest BCUT2D eigenvalue weighted by Crippen LogP contribution is -2.27. The van der Waals surface area contributed by atoms with Crippen LogP contribution < -0.4 is 10.1 Å². The van der Waals surface area contributed by atoms with Gasteiger partial charge in [0, 0.05) is 12.7 Å². The van der Waals surface area contributed by atoms with Gasteiger partial charge in [0.05, 0.1) is 12.8 Å². The fourth-order valence-corrected chi connectivity index (χ4v) is 2.74. The van der Waals surface area contributed by atoms with Gasteiger partial charge in [-0.05, 0) is 49.6 Å². The van der Waals surface area contributed by atoms with E-state index < -0.39 is 0 Å². The molecule has 0 radical (unpaired) electrons. The minimum Gasteiger partial charge on any atom is -0.497 e. The minimum atomic E-state index is -0.0980. The Balaban J connectivity index is 1.68. The van der Waals surface area contributed by atoms with Crippen LogP contribution in [0.3, 0.4) is 0 Å². The van der Waals surface area contributed by atoms with Gasteiger partial charge in [0.25, 0.3) is 5.91 Å². The van der Waals surface area contributed by atoms with Crippen LogP contribution in [-0.2, 0) is 6.42 Å². The highest BCUT2D eigenvalue weighted by Crippen LogP contribution is 2.14. The van der Waals surface area contributed by atoms with Gasteiger partial charge >= 0.3 is 0 Å². The Kier molecular flexibility index (Phi) is 4.51. The van der Waals surface area contributed by atoms with E-state index >= 15 is 0 Å². The first-order valence-electron chi connectivity index (χ1n) is 7.95. The summed E-state index contributed by atoms with van der Waals surface area (Å²) in [5.41, 5.74) is 4.37. The van der Waals surface area contributed by atoms with Crippen molar-refractivity contribution >= 4 is 11.6 Å². The molecule has 2 aromatic heterocycles.